The lowest BCUT2D eigenvalue weighted by molar-refractivity contribution is 0.00578. The Bertz CT molecular complexity index is 457. The molecule has 2 rings (SSSR count). The average molecular weight is 297 g/mol. The number of thiazole rings is 1. The molecule has 1 aliphatic rings. The lowest BCUT2D eigenvalue weighted by Crippen LogP contribution is -2.41. The zero-order valence-corrected chi connectivity index (χ0v) is 14.1. The normalized spacial score (nSPS) is 20.4. The summed E-state index contributed by atoms with van der Waals surface area (Å²) in [7, 11) is -0.340. The van der Waals surface area contributed by atoms with E-state index in [1.807, 2.05) is 6.92 Å². The van der Waals surface area contributed by atoms with Crippen molar-refractivity contribution in [1.29, 1.82) is 0 Å². The minimum atomic E-state index is -0.340. The molecule has 4 nitrogen and oxygen atoms in total. The first-order valence-electron chi connectivity index (χ1n) is 7.28. The highest BCUT2D eigenvalue weighted by molar-refractivity contribution is 7.23. The van der Waals surface area contributed by atoms with Crippen LogP contribution < -0.4 is 9.51 Å². The van der Waals surface area contributed by atoms with Crippen LogP contribution in [0.1, 0.15) is 53.7 Å². The molecule has 0 N–H and O–H groups in total. The van der Waals surface area contributed by atoms with Crippen LogP contribution in [0.25, 0.3) is 0 Å². The van der Waals surface area contributed by atoms with Gasteiger partial charge in [-0.1, -0.05) is 24.7 Å². The van der Waals surface area contributed by atoms with E-state index in [-0.39, 0.29) is 18.3 Å². The van der Waals surface area contributed by atoms with Crippen molar-refractivity contribution in [3.63, 3.8) is 0 Å². The third-order valence-corrected chi connectivity index (χ3v) is 4.96. The highest BCUT2D eigenvalue weighted by Crippen LogP contribution is 2.37. The molecule has 1 fully saturated rings. The van der Waals surface area contributed by atoms with E-state index in [4.69, 9.17) is 14.0 Å². The van der Waals surface area contributed by atoms with Crippen molar-refractivity contribution in [2.45, 2.75) is 65.6 Å². The van der Waals surface area contributed by atoms with Crippen LogP contribution in [-0.2, 0) is 15.7 Å². The molecular formula is C14H24BNO3S. The van der Waals surface area contributed by atoms with E-state index in [0.29, 0.717) is 11.8 Å². The lowest BCUT2D eigenvalue weighted by atomic mass is 9.85. The average Bonchev–Trinajstić information content (AvgIpc) is 2.80. The number of aryl methyl sites for hydroxylation is 1. The molecular weight excluding hydrogens is 273 g/mol. The summed E-state index contributed by atoms with van der Waals surface area (Å²) in [5.74, 6) is 0. The summed E-state index contributed by atoms with van der Waals surface area (Å²) in [5, 5.41) is 0.709. The van der Waals surface area contributed by atoms with Crippen LogP contribution in [0.15, 0.2) is 0 Å². The molecule has 1 saturated heterocycles. The Balaban J connectivity index is 2.28. The summed E-state index contributed by atoms with van der Waals surface area (Å²) < 4.78 is 18.8. The molecule has 0 aliphatic carbocycles. The van der Waals surface area contributed by atoms with Crippen molar-refractivity contribution in [2.75, 3.05) is 6.61 Å². The third-order valence-electron chi connectivity index (χ3n) is 3.93. The van der Waals surface area contributed by atoms with Gasteiger partial charge in [0.05, 0.1) is 28.3 Å². The SMILES string of the molecule is CCCc1nc(OCC)sc1B1OC(C)(C)C(C)(C)O1. The Labute approximate surface area is 126 Å². The number of ether oxygens (including phenoxy) is 1. The van der Waals surface area contributed by atoms with Crippen LogP contribution in [0, 0.1) is 0 Å². The van der Waals surface area contributed by atoms with Crippen LogP contribution in [0.2, 0.25) is 0 Å². The summed E-state index contributed by atoms with van der Waals surface area (Å²) in [6.45, 7) is 13.0. The summed E-state index contributed by atoms with van der Waals surface area (Å²) in [5.41, 5.74) is 0.396. The van der Waals surface area contributed by atoms with Crippen LogP contribution in [0.3, 0.4) is 0 Å². The van der Waals surface area contributed by atoms with E-state index >= 15 is 0 Å². The molecule has 0 unspecified atom stereocenters. The molecule has 0 amide bonds. The maximum Gasteiger partial charge on any atom is 0.507 e. The lowest BCUT2D eigenvalue weighted by Gasteiger charge is -2.32. The molecule has 2 heterocycles. The van der Waals surface area contributed by atoms with Crippen LogP contribution in [-0.4, -0.2) is 29.9 Å². The molecule has 0 radical (unpaired) electrons. The Morgan fingerprint density at radius 1 is 1.15 bits per heavy atom. The van der Waals surface area contributed by atoms with Gasteiger partial charge in [0.2, 0.25) is 0 Å². The summed E-state index contributed by atoms with van der Waals surface area (Å²) in [4.78, 5) is 4.57. The number of nitrogens with zero attached hydrogens (tertiary/aromatic N) is 1. The number of rotatable bonds is 5. The maximum atomic E-state index is 6.12. The molecule has 1 aliphatic heterocycles. The van der Waals surface area contributed by atoms with Crippen molar-refractivity contribution in [1.82, 2.24) is 4.98 Å². The smallest absolute Gasteiger partial charge is 0.470 e. The van der Waals surface area contributed by atoms with E-state index in [0.717, 1.165) is 23.3 Å². The zero-order valence-electron chi connectivity index (χ0n) is 13.3. The van der Waals surface area contributed by atoms with Crippen molar-refractivity contribution in [3.05, 3.63) is 5.69 Å². The quantitative estimate of drug-likeness (QED) is 0.784. The van der Waals surface area contributed by atoms with Crippen molar-refractivity contribution in [2.24, 2.45) is 0 Å². The predicted octanol–water partition coefficient (Wildman–Crippen LogP) is 2.79. The van der Waals surface area contributed by atoms with Gasteiger partial charge in [-0.25, -0.2) is 4.98 Å². The number of hydrogen-bond acceptors (Lipinski definition) is 5. The first kappa shape index (κ1) is 15.8. The molecule has 0 saturated carbocycles. The van der Waals surface area contributed by atoms with E-state index in [1.54, 1.807) is 0 Å². The van der Waals surface area contributed by atoms with Crippen LogP contribution in [0.5, 0.6) is 5.19 Å². The Morgan fingerprint density at radius 3 is 2.25 bits per heavy atom. The van der Waals surface area contributed by atoms with Gasteiger partial charge in [0.25, 0.3) is 5.19 Å². The second kappa shape index (κ2) is 5.66. The van der Waals surface area contributed by atoms with Crippen LogP contribution in [0.4, 0.5) is 0 Å². The predicted molar refractivity (Wildman–Crippen MR) is 83.0 cm³/mol. The topological polar surface area (TPSA) is 40.6 Å². The monoisotopic (exact) mass is 297 g/mol. The van der Waals surface area contributed by atoms with Gasteiger partial charge in [-0.05, 0) is 41.0 Å². The third kappa shape index (κ3) is 2.87. The molecule has 112 valence electrons. The van der Waals surface area contributed by atoms with E-state index < -0.39 is 0 Å². The number of aromatic nitrogens is 1. The first-order chi connectivity index (χ1) is 9.30. The molecule has 0 atom stereocenters. The second-order valence-electron chi connectivity index (χ2n) is 6.06. The van der Waals surface area contributed by atoms with E-state index in [2.05, 4.69) is 39.6 Å². The summed E-state index contributed by atoms with van der Waals surface area (Å²) >= 11 is 1.54. The molecule has 20 heavy (non-hydrogen) atoms. The zero-order chi connectivity index (χ0) is 15.0. The molecule has 6 heteroatoms. The van der Waals surface area contributed by atoms with Gasteiger partial charge < -0.3 is 14.0 Å². The van der Waals surface area contributed by atoms with Crippen molar-refractivity contribution in [3.8, 4) is 5.19 Å². The van der Waals surface area contributed by atoms with Gasteiger partial charge in [-0.3, -0.25) is 0 Å². The standard InChI is InChI=1S/C14H24BNO3S/c1-7-9-10-11(20-12(16-10)17-8-2)15-18-13(3,4)14(5,6)19-15/h7-9H2,1-6H3. The van der Waals surface area contributed by atoms with E-state index in [9.17, 15) is 0 Å². The van der Waals surface area contributed by atoms with Gasteiger partial charge in [0.1, 0.15) is 0 Å². The first-order valence-corrected chi connectivity index (χ1v) is 8.10. The summed E-state index contributed by atoms with van der Waals surface area (Å²) in [6, 6.07) is 0. The Kier molecular flexibility index (Phi) is 4.47. The fourth-order valence-corrected chi connectivity index (χ4v) is 3.06. The highest BCUT2D eigenvalue weighted by Gasteiger charge is 2.53. The largest absolute Gasteiger partial charge is 0.507 e. The summed E-state index contributed by atoms with van der Waals surface area (Å²) in [6.07, 6.45) is 1.96. The second-order valence-corrected chi connectivity index (χ2v) is 7.06. The molecule has 0 bridgehead atoms. The van der Waals surface area contributed by atoms with Crippen molar-refractivity contribution < 1.29 is 14.0 Å². The van der Waals surface area contributed by atoms with Crippen molar-refractivity contribution >= 4 is 23.2 Å². The van der Waals surface area contributed by atoms with Gasteiger partial charge in [-0.2, -0.15) is 0 Å². The Morgan fingerprint density at radius 2 is 1.75 bits per heavy atom. The van der Waals surface area contributed by atoms with Gasteiger partial charge >= 0.3 is 7.12 Å². The van der Waals surface area contributed by atoms with Crippen LogP contribution >= 0.6 is 11.3 Å². The minimum absolute atomic E-state index is 0.323. The van der Waals surface area contributed by atoms with Gasteiger partial charge in [0, 0.05) is 0 Å². The fourth-order valence-electron chi connectivity index (χ4n) is 2.08. The molecule has 0 spiro atoms. The fraction of sp³-hybridized carbons (Fsp3) is 0.786. The molecule has 0 aromatic carbocycles. The van der Waals surface area contributed by atoms with E-state index in [1.165, 1.54) is 11.3 Å². The van der Waals surface area contributed by atoms with Gasteiger partial charge in [0.15, 0.2) is 0 Å². The van der Waals surface area contributed by atoms with Gasteiger partial charge in [-0.15, -0.1) is 0 Å². The Hall–Kier alpha value is -0.585. The maximum absolute atomic E-state index is 6.12. The number of hydrogen-bond donors (Lipinski definition) is 0. The molecule has 1 aromatic rings. The minimum Gasteiger partial charge on any atom is -0.470 e. The highest BCUT2D eigenvalue weighted by atomic mass is 32.1. The molecule has 1 aromatic heterocycles.